The molecule has 72 heavy (non-hydrogen) atoms. The minimum atomic E-state index is 1.14. The number of benzene rings is 13. The molecule has 13 aromatic carbocycles. The standard InChI is InChI=1S/C70H44N2/c1-4-18-45(19-5-1)46-36-38-49(39-37-46)66-56-30-14-28-54(58-32-16-34-60-67-52-26-12-10-20-47(52)40-42-64(67)71(69(58)60)50-22-6-2-7-23-50)62(56)44-63-55(29-15-31-57(63)66)59-33-17-35-61-68-53-27-13-11-21-48(53)41-43-65(68)72(70(59)61)51-24-8-3-9-25-51/h1-44H. The van der Waals surface area contributed by atoms with Crippen LogP contribution in [0.25, 0.3) is 143 Å². The normalized spacial score (nSPS) is 11.9. The van der Waals surface area contributed by atoms with Crippen LogP contribution in [0, 0.1) is 0 Å². The number of fused-ring (bicyclic) bond motifs is 12. The molecule has 0 amide bonds. The first-order chi connectivity index (χ1) is 35.8. The summed E-state index contributed by atoms with van der Waals surface area (Å²) in [6.07, 6.45) is 0. The van der Waals surface area contributed by atoms with Crippen LogP contribution in [0.4, 0.5) is 0 Å². The van der Waals surface area contributed by atoms with E-state index in [4.69, 9.17) is 0 Å². The van der Waals surface area contributed by atoms with E-state index in [2.05, 4.69) is 276 Å². The summed E-state index contributed by atoms with van der Waals surface area (Å²) in [5.41, 5.74) is 16.7. The Morgan fingerprint density at radius 2 is 0.597 bits per heavy atom. The highest BCUT2D eigenvalue weighted by molar-refractivity contribution is 6.27. The third-order valence-electron chi connectivity index (χ3n) is 15.3. The second-order valence-electron chi connectivity index (χ2n) is 19.1. The Morgan fingerprint density at radius 1 is 0.222 bits per heavy atom. The fraction of sp³-hybridized carbons (Fsp3) is 0. The van der Waals surface area contributed by atoms with E-state index in [1.807, 2.05) is 0 Å². The molecule has 15 rings (SSSR count). The third kappa shape index (κ3) is 6.03. The van der Waals surface area contributed by atoms with E-state index in [-0.39, 0.29) is 0 Å². The fourth-order valence-corrected chi connectivity index (χ4v) is 12.2. The summed E-state index contributed by atoms with van der Waals surface area (Å²) in [7, 11) is 0. The molecule has 2 heteroatoms. The van der Waals surface area contributed by atoms with Gasteiger partial charge in [0.1, 0.15) is 0 Å². The van der Waals surface area contributed by atoms with E-state index >= 15 is 0 Å². The molecule has 2 nitrogen and oxygen atoms in total. The van der Waals surface area contributed by atoms with E-state index in [1.165, 1.54) is 131 Å². The van der Waals surface area contributed by atoms with Gasteiger partial charge in [0.2, 0.25) is 0 Å². The quantitative estimate of drug-likeness (QED) is 0.147. The van der Waals surface area contributed by atoms with Gasteiger partial charge in [0.25, 0.3) is 0 Å². The summed E-state index contributed by atoms with van der Waals surface area (Å²) in [5, 5.41) is 14.9. The third-order valence-corrected chi connectivity index (χ3v) is 15.3. The van der Waals surface area contributed by atoms with Crippen LogP contribution in [-0.4, -0.2) is 9.13 Å². The fourth-order valence-electron chi connectivity index (χ4n) is 12.2. The van der Waals surface area contributed by atoms with Crippen LogP contribution >= 0.6 is 0 Å². The van der Waals surface area contributed by atoms with E-state index in [1.54, 1.807) is 0 Å². The van der Waals surface area contributed by atoms with Crippen molar-refractivity contribution in [2.24, 2.45) is 0 Å². The molecular weight excluding hydrogens is 869 g/mol. The van der Waals surface area contributed by atoms with Crippen molar-refractivity contribution in [2.45, 2.75) is 0 Å². The first kappa shape index (κ1) is 40.4. The Morgan fingerprint density at radius 3 is 1.08 bits per heavy atom. The van der Waals surface area contributed by atoms with Gasteiger partial charge >= 0.3 is 0 Å². The average molecular weight is 913 g/mol. The second-order valence-corrected chi connectivity index (χ2v) is 19.1. The first-order valence-electron chi connectivity index (χ1n) is 24.9. The minimum Gasteiger partial charge on any atom is -0.309 e. The van der Waals surface area contributed by atoms with E-state index < -0.39 is 0 Å². The van der Waals surface area contributed by atoms with E-state index in [0.717, 1.165) is 11.4 Å². The molecule has 0 aliphatic heterocycles. The van der Waals surface area contributed by atoms with E-state index in [9.17, 15) is 0 Å². The Hall–Kier alpha value is -9.50. The van der Waals surface area contributed by atoms with Gasteiger partial charge in [-0.1, -0.05) is 224 Å². The summed E-state index contributed by atoms with van der Waals surface area (Å²) in [5.74, 6) is 0. The van der Waals surface area contributed by atoms with Gasteiger partial charge in [-0.25, -0.2) is 0 Å². The number of hydrogen-bond acceptors (Lipinski definition) is 0. The van der Waals surface area contributed by atoms with Gasteiger partial charge in [0.15, 0.2) is 0 Å². The lowest BCUT2D eigenvalue weighted by molar-refractivity contribution is 1.18. The van der Waals surface area contributed by atoms with Crippen LogP contribution in [0.3, 0.4) is 0 Å². The zero-order valence-corrected chi connectivity index (χ0v) is 39.3. The summed E-state index contributed by atoms with van der Waals surface area (Å²) in [6, 6.07) is 98.7. The maximum atomic E-state index is 2.50. The molecule has 0 N–H and O–H groups in total. The summed E-state index contributed by atoms with van der Waals surface area (Å²) >= 11 is 0. The monoisotopic (exact) mass is 912 g/mol. The van der Waals surface area contributed by atoms with Gasteiger partial charge in [-0.3, -0.25) is 0 Å². The molecule has 0 saturated heterocycles. The van der Waals surface area contributed by atoms with Gasteiger partial charge in [0, 0.05) is 44.0 Å². The molecule has 0 radical (unpaired) electrons. The molecule has 0 aliphatic carbocycles. The van der Waals surface area contributed by atoms with Gasteiger partial charge in [0.05, 0.1) is 22.1 Å². The lowest BCUT2D eigenvalue weighted by atomic mass is 9.85. The molecule has 0 unspecified atom stereocenters. The van der Waals surface area contributed by atoms with Crippen molar-refractivity contribution in [1.82, 2.24) is 9.13 Å². The van der Waals surface area contributed by atoms with Crippen LogP contribution in [0.15, 0.2) is 267 Å². The van der Waals surface area contributed by atoms with Gasteiger partial charge in [-0.15, -0.1) is 0 Å². The highest BCUT2D eigenvalue weighted by Gasteiger charge is 2.24. The molecule has 2 heterocycles. The predicted octanol–water partition coefficient (Wildman–Crippen LogP) is 19.2. The Kier molecular flexibility index (Phi) is 8.99. The van der Waals surface area contributed by atoms with Crippen molar-refractivity contribution in [2.75, 3.05) is 0 Å². The molecule has 0 aliphatic rings. The van der Waals surface area contributed by atoms with Crippen molar-refractivity contribution in [3.05, 3.63) is 267 Å². The number of aromatic nitrogens is 2. The minimum absolute atomic E-state index is 1.14. The largest absolute Gasteiger partial charge is 0.309 e. The summed E-state index contributed by atoms with van der Waals surface area (Å²) < 4.78 is 4.99. The van der Waals surface area contributed by atoms with Crippen LogP contribution in [0.1, 0.15) is 0 Å². The molecule has 0 saturated carbocycles. The van der Waals surface area contributed by atoms with Gasteiger partial charge in [-0.2, -0.15) is 0 Å². The van der Waals surface area contributed by atoms with Crippen molar-refractivity contribution < 1.29 is 0 Å². The topological polar surface area (TPSA) is 9.86 Å². The molecule has 334 valence electrons. The number of para-hydroxylation sites is 4. The maximum absolute atomic E-state index is 2.50. The summed E-state index contributed by atoms with van der Waals surface area (Å²) in [4.78, 5) is 0. The molecule has 0 fully saturated rings. The molecule has 0 atom stereocenters. The SMILES string of the molecule is c1ccc(-c2ccc(-c3c4cccc(-c5cccc6c7c8ccccc8ccc7n(-c7ccccc7)c56)c4cc4c(-c5cccc6c7c8ccccc8ccc7n(-c7ccccc7)c56)cccc34)cc2)cc1. The van der Waals surface area contributed by atoms with E-state index in [0.29, 0.717) is 0 Å². The van der Waals surface area contributed by atoms with Crippen LogP contribution in [0.5, 0.6) is 0 Å². The lowest BCUT2D eigenvalue weighted by Gasteiger charge is -2.19. The number of rotatable bonds is 6. The second kappa shape index (κ2) is 16.0. The number of hydrogen-bond donors (Lipinski definition) is 0. The molecule has 0 spiro atoms. The first-order valence-corrected chi connectivity index (χ1v) is 24.9. The van der Waals surface area contributed by atoms with Crippen molar-refractivity contribution >= 4 is 86.7 Å². The Labute approximate surface area is 416 Å². The van der Waals surface area contributed by atoms with Crippen molar-refractivity contribution in [3.8, 4) is 55.9 Å². The number of nitrogens with zero attached hydrogens (tertiary/aromatic N) is 2. The van der Waals surface area contributed by atoms with Gasteiger partial charge < -0.3 is 9.13 Å². The van der Waals surface area contributed by atoms with Crippen molar-refractivity contribution in [3.63, 3.8) is 0 Å². The lowest BCUT2D eigenvalue weighted by Crippen LogP contribution is -1.97. The average Bonchev–Trinajstić information content (AvgIpc) is 3.99. The predicted molar refractivity (Wildman–Crippen MR) is 307 cm³/mol. The van der Waals surface area contributed by atoms with Crippen LogP contribution in [-0.2, 0) is 0 Å². The summed E-state index contributed by atoms with van der Waals surface area (Å²) in [6.45, 7) is 0. The highest BCUT2D eigenvalue weighted by atomic mass is 15.0. The highest BCUT2D eigenvalue weighted by Crippen LogP contribution is 2.49. The van der Waals surface area contributed by atoms with Crippen LogP contribution in [0.2, 0.25) is 0 Å². The smallest absolute Gasteiger partial charge is 0.0619 e. The van der Waals surface area contributed by atoms with Crippen LogP contribution < -0.4 is 0 Å². The van der Waals surface area contributed by atoms with Crippen molar-refractivity contribution in [1.29, 1.82) is 0 Å². The van der Waals surface area contributed by atoms with Gasteiger partial charge in [-0.05, 0) is 119 Å². The molecule has 15 aromatic rings. The molecule has 2 aromatic heterocycles. The molecule has 0 bridgehead atoms. The zero-order chi connectivity index (χ0) is 47.3. The Balaban J connectivity index is 1.08. The maximum Gasteiger partial charge on any atom is 0.0619 e. The Bertz CT molecular complexity index is 4380. The zero-order valence-electron chi connectivity index (χ0n) is 39.3. The molecular formula is C70H44N2.